The highest BCUT2D eigenvalue weighted by Crippen LogP contribution is 2.26. The number of anilines is 2. The molecule has 0 unspecified atom stereocenters. The van der Waals surface area contributed by atoms with E-state index in [0.717, 1.165) is 17.8 Å². The fourth-order valence-corrected chi connectivity index (χ4v) is 1.94. The van der Waals surface area contributed by atoms with E-state index in [9.17, 15) is 13.5 Å². The average molecular weight is 280 g/mol. The predicted octanol–water partition coefficient (Wildman–Crippen LogP) is 2.08. The molecule has 2 aromatic rings. The molecule has 19 heavy (non-hydrogen) atoms. The van der Waals surface area contributed by atoms with Gasteiger partial charge in [-0.3, -0.25) is 9.98 Å². The summed E-state index contributed by atoms with van der Waals surface area (Å²) < 4.78 is 30.9. The minimum absolute atomic E-state index is 0.138. The van der Waals surface area contributed by atoms with E-state index in [0.29, 0.717) is 0 Å². The van der Waals surface area contributed by atoms with Crippen LogP contribution in [-0.4, -0.2) is 18.1 Å². The summed E-state index contributed by atoms with van der Waals surface area (Å²) in [6.07, 6.45) is 0. The van der Waals surface area contributed by atoms with Crippen LogP contribution in [0.15, 0.2) is 53.4 Å². The zero-order chi connectivity index (χ0) is 13.9. The lowest BCUT2D eigenvalue weighted by Crippen LogP contribution is -2.09. The van der Waals surface area contributed by atoms with E-state index >= 15 is 0 Å². The van der Waals surface area contributed by atoms with E-state index in [-0.39, 0.29) is 16.3 Å². The fraction of sp³-hybridized carbons (Fsp3) is 0. The van der Waals surface area contributed by atoms with Crippen LogP contribution in [0.2, 0.25) is 0 Å². The van der Waals surface area contributed by atoms with Crippen LogP contribution in [0.5, 0.6) is 5.75 Å². The van der Waals surface area contributed by atoms with Crippen molar-refractivity contribution in [3.05, 3.63) is 48.5 Å². The zero-order valence-electron chi connectivity index (χ0n) is 9.74. The zero-order valence-corrected chi connectivity index (χ0v) is 10.6. The molecular formula is C12H12N2O4S. The standard InChI is InChI=1S/C12H12N2O4S/c15-12-7-6-10(19(16,17)18)8-11(12)14-13-9-4-2-1-3-5-9/h1-8,13-15H,(H,16,17,18). The molecule has 0 saturated carbocycles. The van der Waals surface area contributed by atoms with Gasteiger partial charge in [-0.05, 0) is 30.3 Å². The maximum absolute atomic E-state index is 11.0. The average Bonchev–Trinajstić information content (AvgIpc) is 2.37. The first kappa shape index (κ1) is 13.2. The molecule has 0 saturated heterocycles. The molecule has 0 aliphatic carbocycles. The molecule has 0 spiro atoms. The molecule has 0 atom stereocenters. The van der Waals surface area contributed by atoms with E-state index in [1.54, 1.807) is 12.1 Å². The Morgan fingerprint density at radius 3 is 2.26 bits per heavy atom. The van der Waals surface area contributed by atoms with Crippen molar-refractivity contribution in [1.29, 1.82) is 0 Å². The molecule has 0 aliphatic rings. The molecule has 4 N–H and O–H groups in total. The number of hydrogen-bond acceptors (Lipinski definition) is 5. The molecule has 100 valence electrons. The van der Waals surface area contributed by atoms with Gasteiger partial charge in [0.1, 0.15) is 5.75 Å². The van der Waals surface area contributed by atoms with Crippen LogP contribution >= 0.6 is 0 Å². The first-order valence-electron chi connectivity index (χ1n) is 5.34. The lowest BCUT2D eigenvalue weighted by atomic mass is 10.3. The summed E-state index contributed by atoms with van der Waals surface area (Å²) in [4.78, 5) is -0.303. The Balaban J connectivity index is 2.21. The Morgan fingerprint density at radius 2 is 1.63 bits per heavy atom. The molecule has 0 fully saturated rings. The van der Waals surface area contributed by atoms with Gasteiger partial charge in [0.25, 0.3) is 10.1 Å². The van der Waals surface area contributed by atoms with Gasteiger partial charge in [-0.25, -0.2) is 0 Å². The van der Waals surface area contributed by atoms with Crippen LogP contribution in [0, 0.1) is 0 Å². The molecule has 7 heteroatoms. The molecule has 0 amide bonds. The third-order valence-corrected chi connectivity index (χ3v) is 3.23. The largest absolute Gasteiger partial charge is 0.506 e. The molecule has 0 radical (unpaired) electrons. The number of para-hydroxylation sites is 1. The van der Waals surface area contributed by atoms with Gasteiger partial charge in [0, 0.05) is 0 Å². The number of phenolic OH excluding ortho intramolecular Hbond substituents is 1. The second-order valence-corrected chi connectivity index (χ2v) is 5.19. The smallest absolute Gasteiger partial charge is 0.294 e. The van der Waals surface area contributed by atoms with Gasteiger partial charge < -0.3 is 10.5 Å². The Hall–Kier alpha value is -2.25. The number of benzene rings is 2. The van der Waals surface area contributed by atoms with Crippen molar-refractivity contribution < 1.29 is 18.1 Å². The van der Waals surface area contributed by atoms with Gasteiger partial charge in [0.15, 0.2) is 0 Å². The number of hydrazine groups is 1. The Kier molecular flexibility index (Phi) is 3.59. The van der Waals surface area contributed by atoms with Crippen LogP contribution in [-0.2, 0) is 10.1 Å². The molecule has 2 rings (SSSR count). The first-order chi connectivity index (χ1) is 8.97. The first-order valence-corrected chi connectivity index (χ1v) is 6.78. The van der Waals surface area contributed by atoms with Crippen molar-refractivity contribution in [2.24, 2.45) is 0 Å². The molecular weight excluding hydrogens is 268 g/mol. The van der Waals surface area contributed by atoms with Gasteiger partial charge in [0.05, 0.1) is 16.3 Å². The van der Waals surface area contributed by atoms with Gasteiger partial charge in [-0.1, -0.05) is 18.2 Å². The molecule has 0 aliphatic heterocycles. The lowest BCUT2D eigenvalue weighted by Gasteiger charge is -2.11. The highest BCUT2D eigenvalue weighted by molar-refractivity contribution is 7.85. The third-order valence-electron chi connectivity index (χ3n) is 2.38. The van der Waals surface area contributed by atoms with Crippen LogP contribution in [0.25, 0.3) is 0 Å². The lowest BCUT2D eigenvalue weighted by molar-refractivity contribution is 0.474. The Morgan fingerprint density at radius 1 is 0.947 bits per heavy atom. The summed E-state index contributed by atoms with van der Waals surface area (Å²) in [5.41, 5.74) is 6.33. The topological polar surface area (TPSA) is 98.7 Å². The van der Waals surface area contributed by atoms with Crippen molar-refractivity contribution in [3.63, 3.8) is 0 Å². The normalized spacial score (nSPS) is 11.0. The quantitative estimate of drug-likeness (QED) is 0.389. The molecule has 0 bridgehead atoms. The van der Waals surface area contributed by atoms with Gasteiger partial charge in [-0.15, -0.1) is 0 Å². The Bertz CT molecular complexity index is 671. The second kappa shape index (κ2) is 5.17. The maximum atomic E-state index is 11.0. The van der Waals surface area contributed by atoms with Crippen molar-refractivity contribution in [1.82, 2.24) is 0 Å². The Labute approximate surface area is 110 Å². The number of hydrogen-bond donors (Lipinski definition) is 4. The number of rotatable bonds is 4. The molecule has 6 nitrogen and oxygen atoms in total. The molecule has 2 aromatic carbocycles. The van der Waals surface area contributed by atoms with Gasteiger partial charge >= 0.3 is 0 Å². The summed E-state index contributed by atoms with van der Waals surface area (Å²) in [6, 6.07) is 12.5. The van der Waals surface area contributed by atoms with Crippen molar-refractivity contribution in [2.75, 3.05) is 10.9 Å². The summed E-state index contributed by atoms with van der Waals surface area (Å²) in [6.45, 7) is 0. The highest BCUT2D eigenvalue weighted by Gasteiger charge is 2.12. The SMILES string of the molecule is O=S(=O)(O)c1ccc(O)c(NNc2ccccc2)c1. The summed E-state index contributed by atoms with van der Waals surface area (Å²) in [5, 5.41) is 9.60. The van der Waals surface area contributed by atoms with E-state index < -0.39 is 10.1 Å². The van der Waals surface area contributed by atoms with Crippen LogP contribution in [0.4, 0.5) is 11.4 Å². The third kappa shape index (κ3) is 3.36. The number of aromatic hydroxyl groups is 1. The van der Waals surface area contributed by atoms with E-state index in [2.05, 4.69) is 10.9 Å². The van der Waals surface area contributed by atoms with Crippen molar-refractivity contribution in [3.8, 4) is 5.75 Å². The van der Waals surface area contributed by atoms with Crippen LogP contribution in [0.1, 0.15) is 0 Å². The molecule has 0 heterocycles. The number of nitrogens with one attached hydrogen (secondary N) is 2. The summed E-state index contributed by atoms with van der Waals surface area (Å²) in [5.74, 6) is -0.143. The predicted molar refractivity (Wildman–Crippen MR) is 71.6 cm³/mol. The van der Waals surface area contributed by atoms with Gasteiger partial charge in [0.2, 0.25) is 0 Å². The van der Waals surface area contributed by atoms with E-state index in [1.807, 2.05) is 18.2 Å². The van der Waals surface area contributed by atoms with Crippen LogP contribution in [0.3, 0.4) is 0 Å². The fourth-order valence-electron chi connectivity index (χ4n) is 1.44. The van der Waals surface area contributed by atoms with Gasteiger partial charge in [-0.2, -0.15) is 8.42 Å². The second-order valence-electron chi connectivity index (χ2n) is 3.77. The summed E-state index contributed by atoms with van der Waals surface area (Å²) in [7, 11) is -4.30. The van der Waals surface area contributed by atoms with Crippen LogP contribution < -0.4 is 10.9 Å². The monoisotopic (exact) mass is 280 g/mol. The summed E-state index contributed by atoms with van der Waals surface area (Å²) >= 11 is 0. The van der Waals surface area contributed by atoms with E-state index in [1.165, 1.54) is 6.07 Å². The van der Waals surface area contributed by atoms with Crippen molar-refractivity contribution in [2.45, 2.75) is 4.90 Å². The minimum Gasteiger partial charge on any atom is -0.506 e. The molecule has 0 aromatic heterocycles. The highest BCUT2D eigenvalue weighted by atomic mass is 32.2. The van der Waals surface area contributed by atoms with E-state index in [4.69, 9.17) is 4.55 Å². The maximum Gasteiger partial charge on any atom is 0.294 e. The minimum atomic E-state index is -4.30. The number of phenols is 1. The van der Waals surface area contributed by atoms with Crippen molar-refractivity contribution >= 4 is 21.5 Å².